The van der Waals surface area contributed by atoms with Crippen LogP contribution in [0.5, 0.6) is 5.75 Å². The van der Waals surface area contributed by atoms with Gasteiger partial charge in [0.05, 0.1) is 23.3 Å². The van der Waals surface area contributed by atoms with E-state index >= 15 is 0 Å². The summed E-state index contributed by atoms with van der Waals surface area (Å²) in [4.78, 5) is 33.4. The molecule has 2 aromatic carbocycles. The fraction of sp³-hybridized carbons (Fsp3) is 0.167. The number of aromatic amines is 1. The molecule has 1 aliphatic rings. The highest BCUT2D eigenvalue weighted by molar-refractivity contribution is 6.02. The number of ether oxygens (including phenoxy) is 1. The molecule has 0 saturated carbocycles. The minimum atomic E-state index is -0.259. The molecule has 2 amide bonds. The molecule has 126 valence electrons. The van der Waals surface area contributed by atoms with Gasteiger partial charge in [-0.25, -0.2) is 4.98 Å². The lowest BCUT2D eigenvalue weighted by Crippen LogP contribution is -2.45. The normalized spacial score (nSPS) is 13.4. The van der Waals surface area contributed by atoms with E-state index in [0.717, 1.165) is 11.0 Å². The maximum Gasteiger partial charge on any atom is 0.265 e. The summed E-state index contributed by atoms with van der Waals surface area (Å²) in [5.74, 6) is 0.776. The highest BCUT2D eigenvalue weighted by Gasteiger charge is 2.26. The zero-order valence-corrected chi connectivity index (χ0v) is 13.4. The molecule has 0 radical (unpaired) electrons. The quantitative estimate of drug-likeness (QED) is 0.758. The first-order valence-corrected chi connectivity index (χ1v) is 7.93. The van der Waals surface area contributed by atoms with Crippen LogP contribution < -0.4 is 15.0 Å². The first-order chi connectivity index (χ1) is 12.2. The number of carbonyl (C=O) groups excluding carboxylic acids is 2. The third kappa shape index (κ3) is 3.03. The second-order valence-corrected chi connectivity index (χ2v) is 5.71. The molecule has 0 saturated heterocycles. The van der Waals surface area contributed by atoms with Gasteiger partial charge < -0.3 is 15.0 Å². The molecule has 0 fully saturated rings. The lowest BCUT2D eigenvalue weighted by Gasteiger charge is -2.28. The zero-order chi connectivity index (χ0) is 17.2. The Morgan fingerprint density at radius 3 is 2.88 bits per heavy atom. The van der Waals surface area contributed by atoms with Crippen molar-refractivity contribution in [2.45, 2.75) is 6.54 Å². The monoisotopic (exact) mass is 336 g/mol. The average Bonchev–Trinajstić information content (AvgIpc) is 3.05. The Labute approximate surface area is 143 Å². The molecule has 25 heavy (non-hydrogen) atoms. The maximum atomic E-state index is 12.3. The molecule has 0 atom stereocenters. The Morgan fingerprint density at radius 1 is 1.20 bits per heavy atom. The van der Waals surface area contributed by atoms with E-state index in [2.05, 4.69) is 15.3 Å². The average molecular weight is 336 g/mol. The first-order valence-electron chi connectivity index (χ1n) is 7.93. The van der Waals surface area contributed by atoms with Crippen molar-refractivity contribution in [2.24, 2.45) is 0 Å². The minimum Gasteiger partial charge on any atom is -0.482 e. The van der Waals surface area contributed by atoms with Crippen molar-refractivity contribution in [1.82, 2.24) is 15.3 Å². The number of para-hydroxylation sites is 4. The van der Waals surface area contributed by atoms with Gasteiger partial charge >= 0.3 is 0 Å². The number of fused-ring (bicyclic) bond motifs is 2. The van der Waals surface area contributed by atoms with E-state index in [1.165, 1.54) is 4.90 Å². The molecule has 0 unspecified atom stereocenters. The molecular weight excluding hydrogens is 320 g/mol. The van der Waals surface area contributed by atoms with Crippen LogP contribution in [0.4, 0.5) is 5.69 Å². The number of aromatic nitrogens is 2. The number of benzene rings is 2. The van der Waals surface area contributed by atoms with E-state index < -0.39 is 0 Å². The number of imidazole rings is 1. The molecule has 2 heterocycles. The Bertz CT molecular complexity index is 917. The molecule has 0 spiro atoms. The third-order valence-electron chi connectivity index (χ3n) is 4.00. The summed E-state index contributed by atoms with van der Waals surface area (Å²) in [5.41, 5.74) is 2.38. The molecule has 3 aromatic rings. The van der Waals surface area contributed by atoms with Gasteiger partial charge in [-0.05, 0) is 24.3 Å². The van der Waals surface area contributed by atoms with Crippen LogP contribution in [0.2, 0.25) is 0 Å². The number of hydrogen-bond acceptors (Lipinski definition) is 4. The van der Waals surface area contributed by atoms with Crippen LogP contribution in [0.3, 0.4) is 0 Å². The van der Waals surface area contributed by atoms with Crippen molar-refractivity contribution in [1.29, 1.82) is 0 Å². The van der Waals surface area contributed by atoms with Crippen LogP contribution in [-0.2, 0) is 16.1 Å². The van der Waals surface area contributed by atoms with Crippen molar-refractivity contribution < 1.29 is 14.3 Å². The van der Waals surface area contributed by atoms with Gasteiger partial charge in [0.25, 0.3) is 5.91 Å². The van der Waals surface area contributed by atoms with Crippen LogP contribution in [-0.4, -0.2) is 34.9 Å². The summed E-state index contributed by atoms with van der Waals surface area (Å²) in [7, 11) is 0. The number of H-pyrrole nitrogens is 1. The summed E-state index contributed by atoms with van der Waals surface area (Å²) in [6.07, 6.45) is 0. The summed E-state index contributed by atoms with van der Waals surface area (Å²) in [5, 5.41) is 2.79. The number of amides is 2. The fourth-order valence-corrected chi connectivity index (χ4v) is 2.80. The molecule has 1 aromatic heterocycles. The van der Waals surface area contributed by atoms with Gasteiger partial charge in [-0.2, -0.15) is 0 Å². The third-order valence-corrected chi connectivity index (χ3v) is 4.00. The molecule has 1 aliphatic heterocycles. The van der Waals surface area contributed by atoms with Gasteiger partial charge in [-0.15, -0.1) is 0 Å². The number of nitrogens with zero attached hydrogens (tertiary/aromatic N) is 2. The van der Waals surface area contributed by atoms with E-state index in [4.69, 9.17) is 4.74 Å². The van der Waals surface area contributed by atoms with E-state index in [9.17, 15) is 9.59 Å². The molecule has 0 bridgehead atoms. The second-order valence-electron chi connectivity index (χ2n) is 5.71. The number of nitrogens with one attached hydrogen (secondary N) is 2. The van der Waals surface area contributed by atoms with Gasteiger partial charge in [-0.3, -0.25) is 14.5 Å². The number of carbonyl (C=O) groups is 2. The highest BCUT2D eigenvalue weighted by atomic mass is 16.5. The lowest BCUT2D eigenvalue weighted by atomic mass is 10.2. The first kappa shape index (κ1) is 15.2. The maximum absolute atomic E-state index is 12.3. The second kappa shape index (κ2) is 6.27. The van der Waals surface area contributed by atoms with Crippen LogP contribution in [0.25, 0.3) is 11.0 Å². The largest absolute Gasteiger partial charge is 0.482 e. The SMILES string of the molecule is O=C(CN1C(=O)COc2ccccc21)NCc1nc2ccccc2[nH]1. The van der Waals surface area contributed by atoms with Crippen molar-refractivity contribution in [3.63, 3.8) is 0 Å². The molecule has 4 rings (SSSR count). The summed E-state index contributed by atoms with van der Waals surface area (Å²) < 4.78 is 5.37. The van der Waals surface area contributed by atoms with E-state index in [1.807, 2.05) is 30.3 Å². The number of anilines is 1. The van der Waals surface area contributed by atoms with Crippen LogP contribution in [0.1, 0.15) is 5.82 Å². The van der Waals surface area contributed by atoms with E-state index in [0.29, 0.717) is 17.3 Å². The van der Waals surface area contributed by atoms with Gasteiger partial charge in [0.2, 0.25) is 5.91 Å². The molecule has 7 heteroatoms. The van der Waals surface area contributed by atoms with Crippen molar-refractivity contribution >= 4 is 28.5 Å². The topological polar surface area (TPSA) is 87.3 Å². The van der Waals surface area contributed by atoms with Crippen molar-refractivity contribution in [3.05, 3.63) is 54.4 Å². The van der Waals surface area contributed by atoms with Crippen LogP contribution in [0, 0.1) is 0 Å². The zero-order valence-electron chi connectivity index (χ0n) is 13.4. The number of hydrogen-bond donors (Lipinski definition) is 2. The number of rotatable bonds is 4. The summed E-state index contributed by atoms with van der Waals surface area (Å²) in [6, 6.07) is 14.8. The Kier molecular flexibility index (Phi) is 3.81. The predicted molar refractivity (Wildman–Crippen MR) is 92.2 cm³/mol. The van der Waals surface area contributed by atoms with Gasteiger partial charge in [0.15, 0.2) is 6.61 Å². The lowest BCUT2D eigenvalue weighted by molar-refractivity contribution is -0.125. The van der Waals surface area contributed by atoms with Gasteiger partial charge in [0, 0.05) is 0 Å². The Morgan fingerprint density at radius 2 is 2.00 bits per heavy atom. The smallest absolute Gasteiger partial charge is 0.265 e. The van der Waals surface area contributed by atoms with E-state index in [-0.39, 0.29) is 31.5 Å². The van der Waals surface area contributed by atoms with Crippen LogP contribution in [0.15, 0.2) is 48.5 Å². The molecule has 0 aliphatic carbocycles. The van der Waals surface area contributed by atoms with Gasteiger partial charge in [-0.1, -0.05) is 24.3 Å². The van der Waals surface area contributed by atoms with Crippen molar-refractivity contribution in [3.8, 4) is 5.75 Å². The molecular formula is C18H16N4O3. The molecule has 7 nitrogen and oxygen atoms in total. The van der Waals surface area contributed by atoms with Gasteiger partial charge in [0.1, 0.15) is 18.1 Å². The van der Waals surface area contributed by atoms with Crippen LogP contribution >= 0.6 is 0 Å². The van der Waals surface area contributed by atoms with Crippen molar-refractivity contribution in [2.75, 3.05) is 18.1 Å². The summed E-state index contributed by atoms with van der Waals surface area (Å²) >= 11 is 0. The summed E-state index contributed by atoms with van der Waals surface area (Å²) in [6.45, 7) is 0.154. The predicted octanol–water partition coefficient (Wildman–Crippen LogP) is 1.60. The minimum absolute atomic E-state index is 0.0561. The Balaban J connectivity index is 1.43. The standard InChI is InChI=1S/C18H16N4O3/c23-17(19-9-16-20-12-5-1-2-6-13(12)21-16)10-22-14-7-3-4-8-15(14)25-11-18(22)24/h1-8H,9-11H2,(H,19,23)(H,20,21). The Hall–Kier alpha value is -3.35. The van der Waals surface area contributed by atoms with E-state index in [1.54, 1.807) is 18.2 Å². The molecule has 2 N–H and O–H groups in total. The highest BCUT2D eigenvalue weighted by Crippen LogP contribution is 2.31. The fourth-order valence-electron chi connectivity index (χ4n) is 2.80.